The second kappa shape index (κ2) is 8.63. The zero-order valence-corrected chi connectivity index (χ0v) is 13.5. The highest BCUT2D eigenvalue weighted by atomic mass is 16.5. The van der Waals surface area contributed by atoms with Crippen LogP contribution < -0.4 is 9.47 Å². The molecule has 1 aromatic rings. The third kappa shape index (κ3) is 4.37. The highest BCUT2D eigenvalue weighted by Crippen LogP contribution is 2.29. The Labute approximate surface area is 132 Å². The first-order valence-corrected chi connectivity index (χ1v) is 8.03. The van der Waals surface area contributed by atoms with Gasteiger partial charge in [-0.2, -0.15) is 0 Å². The van der Waals surface area contributed by atoms with E-state index in [1.165, 1.54) is 0 Å². The molecule has 0 atom stereocenters. The maximum atomic E-state index is 12.5. The van der Waals surface area contributed by atoms with Gasteiger partial charge in [-0.15, -0.1) is 0 Å². The molecule has 0 N–H and O–H groups in total. The number of hydrogen-bond donors (Lipinski definition) is 0. The number of benzene rings is 1. The molecule has 22 heavy (non-hydrogen) atoms. The van der Waals surface area contributed by atoms with Crippen LogP contribution in [0, 0.1) is 0 Å². The molecule has 1 aromatic carbocycles. The van der Waals surface area contributed by atoms with Crippen molar-refractivity contribution in [1.82, 2.24) is 4.90 Å². The minimum Gasteiger partial charge on any atom is -0.490 e. The summed E-state index contributed by atoms with van der Waals surface area (Å²) in [6, 6.07) is 5.42. The Morgan fingerprint density at radius 2 is 1.95 bits per heavy atom. The molecule has 1 aliphatic rings. The Hall–Kier alpha value is -1.75. The highest BCUT2D eigenvalue weighted by Gasteiger charge is 2.20. The summed E-state index contributed by atoms with van der Waals surface area (Å²) in [6.45, 7) is 7.72. The number of morpholine rings is 1. The first-order valence-electron chi connectivity index (χ1n) is 8.03. The molecule has 0 aliphatic carbocycles. The highest BCUT2D eigenvalue weighted by molar-refractivity contribution is 5.95. The molecule has 1 fully saturated rings. The second-order valence-electron chi connectivity index (χ2n) is 5.20. The average Bonchev–Trinajstić information content (AvgIpc) is 2.57. The van der Waals surface area contributed by atoms with Gasteiger partial charge in [0.05, 0.1) is 26.4 Å². The van der Waals surface area contributed by atoms with Crippen LogP contribution in [0.15, 0.2) is 18.2 Å². The molecule has 0 unspecified atom stereocenters. The van der Waals surface area contributed by atoms with Crippen LogP contribution in [0.1, 0.15) is 37.0 Å². The lowest BCUT2D eigenvalue weighted by molar-refractivity contribution is 0.0302. The monoisotopic (exact) mass is 307 g/mol. The summed E-state index contributed by atoms with van der Waals surface area (Å²) in [7, 11) is 0. The van der Waals surface area contributed by atoms with E-state index < -0.39 is 0 Å². The maximum Gasteiger partial charge on any atom is 0.254 e. The summed E-state index contributed by atoms with van der Waals surface area (Å²) in [6.07, 6.45) is 2.08. The van der Waals surface area contributed by atoms with Crippen LogP contribution in [0.4, 0.5) is 0 Å². The number of carbonyl (C=O) groups excluding carboxylic acids is 1. The zero-order chi connectivity index (χ0) is 15.8. The van der Waals surface area contributed by atoms with Gasteiger partial charge in [0, 0.05) is 18.7 Å². The predicted octanol–water partition coefficient (Wildman–Crippen LogP) is 2.74. The molecule has 5 heteroatoms. The summed E-state index contributed by atoms with van der Waals surface area (Å²) in [5.41, 5.74) is 0.633. The molecule has 0 saturated carbocycles. The van der Waals surface area contributed by atoms with E-state index in [0.717, 1.165) is 12.8 Å². The van der Waals surface area contributed by atoms with Crippen LogP contribution in [-0.2, 0) is 4.74 Å². The van der Waals surface area contributed by atoms with Crippen LogP contribution in [0.2, 0.25) is 0 Å². The second-order valence-corrected chi connectivity index (χ2v) is 5.20. The van der Waals surface area contributed by atoms with Crippen LogP contribution >= 0.6 is 0 Å². The molecule has 1 aliphatic heterocycles. The molecular weight excluding hydrogens is 282 g/mol. The fourth-order valence-corrected chi connectivity index (χ4v) is 2.30. The van der Waals surface area contributed by atoms with Crippen molar-refractivity contribution < 1.29 is 19.0 Å². The van der Waals surface area contributed by atoms with Gasteiger partial charge in [0.2, 0.25) is 0 Å². The number of hydrogen-bond acceptors (Lipinski definition) is 4. The summed E-state index contributed by atoms with van der Waals surface area (Å²) in [5.74, 6) is 1.36. The van der Waals surface area contributed by atoms with E-state index in [4.69, 9.17) is 14.2 Å². The fourth-order valence-electron chi connectivity index (χ4n) is 2.30. The first kappa shape index (κ1) is 16.6. The van der Waals surface area contributed by atoms with Crippen molar-refractivity contribution in [1.29, 1.82) is 0 Å². The van der Waals surface area contributed by atoms with Crippen molar-refractivity contribution in [2.24, 2.45) is 0 Å². The Balaban J connectivity index is 2.11. The van der Waals surface area contributed by atoms with Gasteiger partial charge >= 0.3 is 0 Å². The standard InChI is InChI=1S/C17H25NO4/c1-3-5-10-22-15-7-6-14(13-16(15)21-4-2)17(19)18-8-11-20-12-9-18/h6-7,13H,3-5,8-12H2,1-2H3. The minimum absolute atomic E-state index is 0.0179. The quantitative estimate of drug-likeness (QED) is 0.727. The summed E-state index contributed by atoms with van der Waals surface area (Å²) in [5, 5.41) is 0. The van der Waals surface area contributed by atoms with Crippen LogP contribution in [0.25, 0.3) is 0 Å². The molecule has 5 nitrogen and oxygen atoms in total. The SMILES string of the molecule is CCCCOc1ccc(C(=O)N2CCOCC2)cc1OCC. The van der Waals surface area contributed by atoms with Crippen molar-refractivity contribution in [2.45, 2.75) is 26.7 Å². The Bertz CT molecular complexity index is 484. The molecular formula is C17H25NO4. The van der Waals surface area contributed by atoms with E-state index in [-0.39, 0.29) is 5.91 Å². The zero-order valence-electron chi connectivity index (χ0n) is 13.5. The van der Waals surface area contributed by atoms with Crippen molar-refractivity contribution in [3.05, 3.63) is 23.8 Å². The number of rotatable bonds is 7. The lowest BCUT2D eigenvalue weighted by Gasteiger charge is -2.27. The van der Waals surface area contributed by atoms with Crippen LogP contribution in [-0.4, -0.2) is 50.3 Å². The van der Waals surface area contributed by atoms with Crippen molar-refractivity contribution in [2.75, 3.05) is 39.5 Å². The van der Waals surface area contributed by atoms with Crippen molar-refractivity contribution >= 4 is 5.91 Å². The Kier molecular flexibility index (Phi) is 6.52. The van der Waals surface area contributed by atoms with E-state index in [2.05, 4.69) is 6.92 Å². The number of nitrogens with zero attached hydrogens (tertiary/aromatic N) is 1. The number of unbranched alkanes of at least 4 members (excludes halogenated alkanes) is 1. The normalized spacial score (nSPS) is 14.7. The first-order chi connectivity index (χ1) is 10.8. The molecule has 0 bridgehead atoms. The Morgan fingerprint density at radius 3 is 2.64 bits per heavy atom. The number of ether oxygens (including phenoxy) is 3. The van der Waals surface area contributed by atoms with Crippen molar-refractivity contribution in [3.8, 4) is 11.5 Å². The van der Waals surface area contributed by atoms with Crippen molar-refractivity contribution in [3.63, 3.8) is 0 Å². The minimum atomic E-state index is 0.0179. The summed E-state index contributed by atoms with van der Waals surface area (Å²) < 4.78 is 16.6. The number of carbonyl (C=O) groups is 1. The fraction of sp³-hybridized carbons (Fsp3) is 0.588. The van der Waals surface area contributed by atoms with E-state index in [1.54, 1.807) is 6.07 Å². The van der Waals surface area contributed by atoms with Gasteiger partial charge < -0.3 is 19.1 Å². The molecule has 1 heterocycles. The third-order valence-corrected chi connectivity index (χ3v) is 3.54. The molecule has 0 spiro atoms. The van der Waals surface area contributed by atoms with Gasteiger partial charge in [0.15, 0.2) is 11.5 Å². The molecule has 0 aromatic heterocycles. The van der Waals surface area contributed by atoms with Gasteiger partial charge in [-0.25, -0.2) is 0 Å². The summed E-state index contributed by atoms with van der Waals surface area (Å²) >= 11 is 0. The lowest BCUT2D eigenvalue weighted by atomic mass is 10.1. The smallest absolute Gasteiger partial charge is 0.254 e. The van der Waals surface area contributed by atoms with E-state index >= 15 is 0 Å². The van der Waals surface area contributed by atoms with Crippen LogP contribution in [0.5, 0.6) is 11.5 Å². The molecule has 1 saturated heterocycles. The summed E-state index contributed by atoms with van der Waals surface area (Å²) in [4.78, 5) is 14.3. The lowest BCUT2D eigenvalue weighted by Crippen LogP contribution is -2.40. The van der Waals surface area contributed by atoms with E-state index in [9.17, 15) is 4.79 Å². The van der Waals surface area contributed by atoms with Gasteiger partial charge in [-0.1, -0.05) is 13.3 Å². The van der Waals surface area contributed by atoms with Crippen LogP contribution in [0.3, 0.4) is 0 Å². The average molecular weight is 307 g/mol. The Morgan fingerprint density at radius 1 is 1.18 bits per heavy atom. The predicted molar refractivity (Wildman–Crippen MR) is 84.7 cm³/mol. The maximum absolute atomic E-state index is 12.5. The van der Waals surface area contributed by atoms with Gasteiger partial charge in [-0.3, -0.25) is 4.79 Å². The molecule has 2 rings (SSSR count). The molecule has 0 radical (unpaired) electrons. The van der Waals surface area contributed by atoms with E-state index in [1.807, 2.05) is 24.0 Å². The molecule has 1 amide bonds. The number of amides is 1. The molecule has 122 valence electrons. The van der Waals surface area contributed by atoms with E-state index in [0.29, 0.717) is 56.6 Å². The topological polar surface area (TPSA) is 48.0 Å². The van der Waals surface area contributed by atoms with Gasteiger partial charge in [0.25, 0.3) is 5.91 Å². The largest absolute Gasteiger partial charge is 0.490 e. The third-order valence-electron chi connectivity index (χ3n) is 3.54. The van der Waals surface area contributed by atoms with Gasteiger partial charge in [0.1, 0.15) is 0 Å². The van der Waals surface area contributed by atoms with Gasteiger partial charge in [-0.05, 0) is 31.5 Å².